The van der Waals surface area contributed by atoms with Crippen molar-refractivity contribution in [3.63, 3.8) is 0 Å². The van der Waals surface area contributed by atoms with E-state index in [9.17, 15) is 4.79 Å². The Hall–Kier alpha value is -1.56. The molecule has 1 aromatic carbocycles. The number of carbonyl (C=O) groups is 1. The smallest absolute Gasteiger partial charge is 0.260 e. The quantitative estimate of drug-likeness (QED) is 0.831. The summed E-state index contributed by atoms with van der Waals surface area (Å²) in [5, 5.41) is 1.59. The number of carbonyl (C=O) groups excluding carboxylic acids is 1. The van der Waals surface area contributed by atoms with Crippen LogP contribution in [0.5, 0.6) is 5.75 Å². The molecule has 1 amide bonds. The topological polar surface area (TPSA) is 51.7 Å². The third kappa shape index (κ3) is 3.58. The number of nitrogens with zero attached hydrogens (tertiary/aromatic N) is 2. The Balaban J connectivity index is 1.82. The molecule has 0 bridgehead atoms. The molecule has 3 rings (SSSR count). The Kier molecular flexibility index (Phi) is 5.13. The highest BCUT2D eigenvalue weighted by Crippen LogP contribution is 2.37. The monoisotopic (exact) mass is 368 g/mol. The molecule has 0 spiro atoms. The van der Waals surface area contributed by atoms with Gasteiger partial charge in [-0.1, -0.05) is 23.2 Å². The van der Waals surface area contributed by atoms with E-state index in [1.165, 1.54) is 0 Å². The lowest BCUT2D eigenvalue weighted by Gasteiger charge is -2.31. The van der Waals surface area contributed by atoms with Gasteiger partial charge in [0.2, 0.25) is 0 Å². The van der Waals surface area contributed by atoms with Crippen molar-refractivity contribution in [2.24, 2.45) is 0 Å². The molecule has 24 heavy (non-hydrogen) atoms. The highest BCUT2D eigenvalue weighted by Gasteiger charge is 2.22. The number of hydrogen-bond donors (Lipinski definition) is 0. The molecule has 5 nitrogen and oxygen atoms in total. The first-order valence-corrected chi connectivity index (χ1v) is 8.49. The van der Waals surface area contributed by atoms with E-state index in [1.54, 1.807) is 11.0 Å². The van der Waals surface area contributed by atoms with E-state index in [-0.39, 0.29) is 18.6 Å². The molecule has 2 aromatic rings. The second-order valence-corrected chi connectivity index (χ2v) is 6.64. The van der Waals surface area contributed by atoms with Crippen molar-refractivity contribution >= 4 is 40.0 Å². The first kappa shape index (κ1) is 17.3. The molecular formula is C17H18Cl2N2O3. The molecule has 1 aliphatic rings. The molecule has 0 N–H and O–H groups in total. The molecule has 1 fully saturated rings. The van der Waals surface area contributed by atoms with Crippen LogP contribution in [-0.4, -0.2) is 48.2 Å². The van der Waals surface area contributed by atoms with Crippen LogP contribution >= 0.6 is 23.2 Å². The number of ether oxygens (including phenoxy) is 2. The number of halogens is 2. The van der Waals surface area contributed by atoms with Gasteiger partial charge < -0.3 is 14.4 Å². The Morgan fingerprint density at radius 1 is 1.42 bits per heavy atom. The van der Waals surface area contributed by atoms with Crippen molar-refractivity contribution in [1.29, 1.82) is 0 Å². The Bertz CT molecular complexity index is 782. The van der Waals surface area contributed by atoms with Crippen molar-refractivity contribution < 1.29 is 14.3 Å². The highest BCUT2D eigenvalue weighted by atomic mass is 35.5. The predicted molar refractivity (Wildman–Crippen MR) is 94.0 cm³/mol. The van der Waals surface area contributed by atoms with Gasteiger partial charge in [0.1, 0.15) is 5.52 Å². The molecule has 0 radical (unpaired) electrons. The minimum atomic E-state index is -0.100. The zero-order chi connectivity index (χ0) is 17.3. The van der Waals surface area contributed by atoms with E-state index in [4.69, 9.17) is 32.7 Å². The largest absolute Gasteiger partial charge is 0.480 e. The summed E-state index contributed by atoms with van der Waals surface area (Å²) in [6.45, 7) is 5.39. The molecule has 1 aromatic heterocycles. The molecule has 0 saturated carbocycles. The lowest BCUT2D eigenvalue weighted by atomic mass is 10.2. The average molecular weight is 369 g/mol. The van der Waals surface area contributed by atoms with E-state index in [2.05, 4.69) is 4.98 Å². The van der Waals surface area contributed by atoms with Crippen molar-refractivity contribution in [3.8, 4) is 5.75 Å². The van der Waals surface area contributed by atoms with Crippen LogP contribution < -0.4 is 4.74 Å². The van der Waals surface area contributed by atoms with Gasteiger partial charge in [-0.05, 0) is 32.0 Å². The standard InChI is InChI=1S/C17H18Cl2N2O3/c1-10-3-4-12-13(18)7-14(19)17(16(12)20-10)24-9-15(22)21-5-6-23-11(2)8-21/h3-4,7,11H,5-6,8-9H2,1-2H3/t11-/m1/s1. The zero-order valence-electron chi connectivity index (χ0n) is 13.5. The van der Waals surface area contributed by atoms with Crippen LogP contribution in [0.15, 0.2) is 18.2 Å². The minimum absolute atomic E-state index is 0.0342. The molecular weight excluding hydrogens is 351 g/mol. The summed E-state index contributed by atoms with van der Waals surface area (Å²) in [6.07, 6.45) is 0.0342. The maximum Gasteiger partial charge on any atom is 0.260 e. The van der Waals surface area contributed by atoms with Gasteiger partial charge in [0, 0.05) is 24.2 Å². The molecule has 2 heterocycles. The van der Waals surface area contributed by atoms with E-state index in [0.29, 0.717) is 41.0 Å². The van der Waals surface area contributed by atoms with Crippen LogP contribution in [0.25, 0.3) is 10.9 Å². The predicted octanol–water partition coefficient (Wildman–Crippen LogP) is 3.48. The summed E-state index contributed by atoms with van der Waals surface area (Å²) in [4.78, 5) is 18.6. The van der Waals surface area contributed by atoms with Gasteiger partial charge in [0.05, 0.1) is 22.8 Å². The van der Waals surface area contributed by atoms with Crippen LogP contribution in [0.3, 0.4) is 0 Å². The number of rotatable bonds is 3. The fourth-order valence-corrected chi connectivity index (χ4v) is 3.27. The molecule has 128 valence electrons. The lowest BCUT2D eigenvalue weighted by Crippen LogP contribution is -2.46. The van der Waals surface area contributed by atoms with Crippen molar-refractivity contribution in [2.75, 3.05) is 26.3 Å². The SMILES string of the molecule is Cc1ccc2c(Cl)cc(Cl)c(OCC(=O)N3CCO[C@H](C)C3)c2n1. The van der Waals surface area contributed by atoms with Gasteiger partial charge in [0.25, 0.3) is 5.91 Å². The van der Waals surface area contributed by atoms with Crippen LogP contribution in [0, 0.1) is 6.92 Å². The number of amides is 1. The maximum atomic E-state index is 12.4. The van der Waals surface area contributed by atoms with E-state index < -0.39 is 0 Å². The van der Waals surface area contributed by atoms with Crippen LogP contribution in [0.4, 0.5) is 0 Å². The second-order valence-electron chi connectivity index (χ2n) is 5.83. The summed E-state index contributed by atoms with van der Waals surface area (Å²) < 4.78 is 11.2. The van der Waals surface area contributed by atoms with Gasteiger partial charge in [-0.25, -0.2) is 4.98 Å². The van der Waals surface area contributed by atoms with Gasteiger partial charge in [-0.3, -0.25) is 4.79 Å². The number of morpholine rings is 1. The van der Waals surface area contributed by atoms with Gasteiger partial charge in [0.15, 0.2) is 12.4 Å². The van der Waals surface area contributed by atoms with Crippen LogP contribution in [0.2, 0.25) is 10.0 Å². The number of aryl methyl sites for hydroxylation is 1. The van der Waals surface area contributed by atoms with Crippen LogP contribution in [0.1, 0.15) is 12.6 Å². The normalized spacial score (nSPS) is 18.0. The fraction of sp³-hybridized carbons (Fsp3) is 0.412. The summed E-state index contributed by atoms with van der Waals surface area (Å²) >= 11 is 12.5. The first-order valence-electron chi connectivity index (χ1n) is 7.73. The van der Waals surface area contributed by atoms with Gasteiger partial charge in [-0.2, -0.15) is 0 Å². The maximum absolute atomic E-state index is 12.4. The number of fused-ring (bicyclic) bond motifs is 1. The van der Waals surface area contributed by atoms with Crippen molar-refractivity contribution in [3.05, 3.63) is 33.9 Å². The summed E-state index contributed by atoms with van der Waals surface area (Å²) in [7, 11) is 0. The average Bonchev–Trinajstić information content (AvgIpc) is 2.54. The third-order valence-electron chi connectivity index (χ3n) is 3.91. The van der Waals surface area contributed by atoms with Crippen molar-refractivity contribution in [1.82, 2.24) is 9.88 Å². The second kappa shape index (κ2) is 7.13. The van der Waals surface area contributed by atoms with E-state index >= 15 is 0 Å². The molecule has 0 unspecified atom stereocenters. The highest BCUT2D eigenvalue weighted by molar-refractivity contribution is 6.39. The molecule has 7 heteroatoms. The Labute approximate surface area is 150 Å². The minimum Gasteiger partial charge on any atom is -0.480 e. The Morgan fingerprint density at radius 2 is 2.21 bits per heavy atom. The summed E-state index contributed by atoms with van der Waals surface area (Å²) in [5.74, 6) is 0.284. The number of pyridine rings is 1. The summed E-state index contributed by atoms with van der Waals surface area (Å²) in [5.41, 5.74) is 1.38. The molecule has 0 aliphatic carbocycles. The van der Waals surface area contributed by atoms with Gasteiger partial charge in [-0.15, -0.1) is 0 Å². The number of benzene rings is 1. The zero-order valence-corrected chi connectivity index (χ0v) is 15.0. The first-order chi connectivity index (χ1) is 11.5. The summed E-state index contributed by atoms with van der Waals surface area (Å²) in [6, 6.07) is 5.35. The molecule has 1 aliphatic heterocycles. The van der Waals surface area contributed by atoms with Crippen LogP contribution in [-0.2, 0) is 9.53 Å². The van der Waals surface area contributed by atoms with Crippen molar-refractivity contribution in [2.45, 2.75) is 20.0 Å². The van der Waals surface area contributed by atoms with Gasteiger partial charge >= 0.3 is 0 Å². The Morgan fingerprint density at radius 3 is 2.96 bits per heavy atom. The fourth-order valence-electron chi connectivity index (χ4n) is 2.70. The van der Waals surface area contributed by atoms with E-state index in [0.717, 1.165) is 11.1 Å². The number of hydrogen-bond acceptors (Lipinski definition) is 4. The van der Waals surface area contributed by atoms with E-state index in [1.807, 2.05) is 26.0 Å². The molecule has 1 atom stereocenters. The number of aromatic nitrogens is 1. The lowest BCUT2D eigenvalue weighted by molar-refractivity contribution is -0.140. The third-order valence-corrected chi connectivity index (χ3v) is 4.50. The molecule has 1 saturated heterocycles.